The van der Waals surface area contributed by atoms with E-state index in [0.717, 1.165) is 25.9 Å². The number of carboxylic acids is 1. The van der Waals surface area contributed by atoms with Gasteiger partial charge in [-0.25, -0.2) is 0 Å². The van der Waals surface area contributed by atoms with Crippen molar-refractivity contribution in [3.63, 3.8) is 0 Å². The number of methoxy groups -OCH3 is 1. The second-order valence-electron chi connectivity index (χ2n) is 4.05. The molecule has 0 amide bonds. The van der Waals surface area contributed by atoms with E-state index in [1.807, 2.05) is 4.90 Å². The second-order valence-corrected chi connectivity index (χ2v) is 4.05. The number of hydrogen-bond acceptors (Lipinski definition) is 3. The van der Waals surface area contributed by atoms with Gasteiger partial charge in [-0.2, -0.15) is 0 Å². The van der Waals surface area contributed by atoms with Crippen LogP contribution in [0.15, 0.2) is 0 Å². The zero-order valence-electron chi connectivity index (χ0n) is 8.90. The molecule has 0 saturated carbocycles. The summed E-state index contributed by atoms with van der Waals surface area (Å²) < 4.78 is 5.04. The second kappa shape index (κ2) is 5.32. The summed E-state index contributed by atoms with van der Waals surface area (Å²) in [4.78, 5) is 12.9. The van der Waals surface area contributed by atoms with Gasteiger partial charge in [0.25, 0.3) is 0 Å². The highest BCUT2D eigenvalue weighted by atomic mass is 16.5. The average Bonchev–Trinajstić information content (AvgIpc) is 2.52. The van der Waals surface area contributed by atoms with Crippen molar-refractivity contribution in [3.05, 3.63) is 0 Å². The Morgan fingerprint density at radius 2 is 2.43 bits per heavy atom. The molecule has 1 aliphatic rings. The highest BCUT2D eigenvalue weighted by molar-refractivity contribution is 5.73. The molecule has 1 saturated heterocycles. The molecule has 82 valence electrons. The number of likely N-dealkylation sites (tertiary alicyclic amines) is 1. The fourth-order valence-electron chi connectivity index (χ4n) is 2.06. The van der Waals surface area contributed by atoms with E-state index >= 15 is 0 Å². The summed E-state index contributed by atoms with van der Waals surface area (Å²) in [6.07, 6.45) is 1.78. The zero-order chi connectivity index (χ0) is 10.6. The van der Waals surface area contributed by atoms with Gasteiger partial charge in [0.05, 0.1) is 0 Å². The normalized spacial score (nSPS) is 25.1. The number of hydrogen-bond donors (Lipinski definition) is 1. The van der Waals surface area contributed by atoms with E-state index in [4.69, 9.17) is 9.84 Å². The lowest BCUT2D eigenvalue weighted by molar-refractivity contribution is -0.142. The third-order valence-corrected chi connectivity index (χ3v) is 2.65. The number of nitrogens with zero attached hydrogens (tertiary/aromatic N) is 1. The number of ether oxygens (including phenoxy) is 1. The van der Waals surface area contributed by atoms with Crippen molar-refractivity contribution in [2.75, 3.05) is 26.8 Å². The SMILES string of the molecule is COCC(C)CN1CCCC1C(=O)O. The van der Waals surface area contributed by atoms with Gasteiger partial charge in [0, 0.05) is 20.3 Å². The molecule has 2 unspecified atom stereocenters. The lowest BCUT2D eigenvalue weighted by Gasteiger charge is -2.24. The van der Waals surface area contributed by atoms with E-state index in [2.05, 4.69) is 6.92 Å². The number of aliphatic carboxylic acids is 1. The van der Waals surface area contributed by atoms with Crippen LogP contribution in [0.1, 0.15) is 19.8 Å². The standard InChI is InChI=1S/C10H19NO3/c1-8(7-14-2)6-11-5-3-4-9(11)10(12)13/h8-9H,3-7H2,1-2H3,(H,12,13). The monoisotopic (exact) mass is 201 g/mol. The van der Waals surface area contributed by atoms with Crippen LogP contribution in [0.3, 0.4) is 0 Å². The molecule has 0 aromatic rings. The van der Waals surface area contributed by atoms with Crippen molar-refractivity contribution < 1.29 is 14.6 Å². The van der Waals surface area contributed by atoms with Crippen molar-refractivity contribution in [1.29, 1.82) is 0 Å². The van der Waals surface area contributed by atoms with Crippen molar-refractivity contribution in [1.82, 2.24) is 4.90 Å². The van der Waals surface area contributed by atoms with E-state index in [1.165, 1.54) is 0 Å². The number of rotatable bonds is 5. The Morgan fingerprint density at radius 1 is 1.71 bits per heavy atom. The third-order valence-electron chi connectivity index (χ3n) is 2.65. The Morgan fingerprint density at radius 3 is 3.00 bits per heavy atom. The quantitative estimate of drug-likeness (QED) is 0.715. The van der Waals surface area contributed by atoms with E-state index in [0.29, 0.717) is 12.5 Å². The average molecular weight is 201 g/mol. The number of carboxylic acid groups (broad SMARTS) is 1. The number of carbonyl (C=O) groups is 1. The summed E-state index contributed by atoms with van der Waals surface area (Å²) >= 11 is 0. The summed E-state index contributed by atoms with van der Waals surface area (Å²) in [5, 5.41) is 8.95. The highest BCUT2D eigenvalue weighted by Gasteiger charge is 2.30. The van der Waals surface area contributed by atoms with Crippen molar-refractivity contribution >= 4 is 5.97 Å². The molecule has 4 nitrogen and oxygen atoms in total. The molecule has 4 heteroatoms. The third kappa shape index (κ3) is 2.96. The lowest BCUT2D eigenvalue weighted by Crippen LogP contribution is -2.39. The molecule has 0 aliphatic carbocycles. The molecule has 0 spiro atoms. The summed E-state index contributed by atoms with van der Waals surface area (Å²) in [5.41, 5.74) is 0. The van der Waals surface area contributed by atoms with Gasteiger partial charge in [0.1, 0.15) is 6.04 Å². The highest BCUT2D eigenvalue weighted by Crippen LogP contribution is 2.18. The molecule has 14 heavy (non-hydrogen) atoms. The lowest BCUT2D eigenvalue weighted by atomic mass is 10.1. The molecule has 1 fully saturated rings. The smallest absolute Gasteiger partial charge is 0.320 e. The van der Waals surface area contributed by atoms with Crippen LogP contribution in [0, 0.1) is 5.92 Å². The first-order valence-electron chi connectivity index (χ1n) is 5.11. The minimum absolute atomic E-state index is 0.269. The topological polar surface area (TPSA) is 49.8 Å². The fourth-order valence-corrected chi connectivity index (χ4v) is 2.06. The summed E-state index contributed by atoms with van der Waals surface area (Å²) in [6, 6.07) is -0.269. The van der Waals surface area contributed by atoms with E-state index in [-0.39, 0.29) is 6.04 Å². The van der Waals surface area contributed by atoms with Gasteiger partial charge in [0.15, 0.2) is 0 Å². The van der Waals surface area contributed by atoms with Crippen LogP contribution in [0.5, 0.6) is 0 Å². The minimum Gasteiger partial charge on any atom is -0.480 e. The predicted octanol–water partition coefficient (Wildman–Crippen LogP) is 0.818. The summed E-state index contributed by atoms with van der Waals surface area (Å²) in [6.45, 7) is 4.51. The van der Waals surface area contributed by atoms with Gasteiger partial charge < -0.3 is 9.84 Å². The molecule has 1 heterocycles. The van der Waals surface area contributed by atoms with Gasteiger partial charge in [-0.3, -0.25) is 9.69 Å². The molecule has 2 atom stereocenters. The van der Waals surface area contributed by atoms with E-state index < -0.39 is 5.97 Å². The maximum absolute atomic E-state index is 10.9. The van der Waals surface area contributed by atoms with E-state index in [1.54, 1.807) is 7.11 Å². The maximum Gasteiger partial charge on any atom is 0.320 e. The fraction of sp³-hybridized carbons (Fsp3) is 0.900. The van der Waals surface area contributed by atoms with Gasteiger partial charge in [0.2, 0.25) is 0 Å². The van der Waals surface area contributed by atoms with Crippen molar-refractivity contribution in [3.8, 4) is 0 Å². The van der Waals surface area contributed by atoms with Crippen LogP contribution < -0.4 is 0 Å². The predicted molar refractivity (Wildman–Crippen MR) is 53.3 cm³/mol. The molecule has 0 aromatic carbocycles. The molecule has 1 rings (SSSR count). The van der Waals surface area contributed by atoms with Crippen LogP contribution in [0.2, 0.25) is 0 Å². The summed E-state index contributed by atoms with van der Waals surface area (Å²) in [7, 11) is 1.68. The Bertz CT molecular complexity index is 196. The molecule has 0 radical (unpaired) electrons. The van der Waals surface area contributed by atoms with Crippen molar-refractivity contribution in [2.45, 2.75) is 25.8 Å². The van der Waals surface area contributed by atoms with Gasteiger partial charge >= 0.3 is 5.97 Å². The first-order chi connectivity index (χ1) is 6.65. The van der Waals surface area contributed by atoms with Crippen LogP contribution in [-0.4, -0.2) is 48.8 Å². The molecule has 1 N–H and O–H groups in total. The molecular formula is C10H19NO3. The first-order valence-corrected chi connectivity index (χ1v) is 5.11. The Hall–Kier alpha value is -0.610. The van der Waals surface area contributed by atoms with Gasteiger partial charge in [-0.1, -0.05) is 6.92 Å². The first kappa shape index (κ1) is 11.5. The van der Waals surface area contributed by atoms with Gasteiger partial charge in [-0.15, -0.1) is 0 Å². The zero-order valence-corrected chi connectivity index (χ0v) is 8.90. The van der Waals surface area contributed by atoms with Crippen LogP contribution in [-0.2, 0) is 9.53 Å². The van der Waals surface area contributed by atoms with Gasteiger partial charge in [-0.05, 0) is 25.3 Å². The van der Waals surface area contributed by atoms with Crippen LogP contribution in [0.25, 0.3) is 0 Å². The van der Waals surface area contributed by atoms with Crippen LogP contribution in [0.4, 0.5) is 0 Å². The minimum atomic E-state index is -0.688. The molecular weight excluding hydrogens is 182 g/mol. The molecule has 0 aromatic heterocycles. The molecule has 1 aliphatic heterocycles. The largest absolute Gasteiger partial charge is 0.480 e. The van der Waals surface area contributed by atoms with Crippen LogP contribution >= 0.6 is 0 Å². The summed E-state index contributed by atoms with van der Waals surface area (Å²) in [5.74, 6) is -0.285. The maximum atomic E-state index is 10.9. The Balaban J connectivity index is 2.39. The van der Waals surface area contributed by atoms with Crippen molar-refractivity contribution in [2.24, 2.45) is 5.92 Å². The Labute approximate surface area is 84.8 Å². The molecule has 0 bridgehead atoms. The van der Waals surface area contributed by atoms with E-state index in [9.17, 15) is 4.79 Å². The Kier molecular flexibility index (Phi) is 4.35.